The Balaban J connectivity index is 1.66. The molecule has 2 aromatic heterocycles. The van der Waals surface area contributed by atoms with Gasteiger partial charge in [0.15, 0.2) is 5.82 Å². The number of rotatable bonds is 6. The molecule has 0 unspecified atom stereocenters. The van der Waals surface area contributed by atoms with Gasteiger partial charge in [-0.2, -0.15) is 5.10 Å². The lowest BCUT2D eigenvalue weighted by Crippen LogP contribution is -2.37. The number of likely N-dealkylation sites (tertiary alicyclic amines) is 1. The summed E-state index contributed by atoms with van der Waals surface area (Å²) in [5.74, 6) is 2.28. The van der Waals surface area contributed by atoms with E-state index >= 15 is 0 Å². The molecule has 1 saturated heterocycles. The fourth-order valence-electron chi connectivity index (χ4n) is 3.46. The molecule has 0 aromatic carbocycles. The largest absolute Gasteiger partial charge is 0.367 e. The third-order valence-corrected chi connectivity index (χ3v) is 4.47. The van der Waals surface area contributed by atoms with Gasteiger partial charge < -0.3 is 5.32 Å². The molecule has 130 valence electrons. The first-order chi connectivity index (χ1) is 11.5. The van der Waals surface area contributed by atoms with Crippen molar-refractivity contribution in [2.75, 3.05) is 25.0 Å². The molecule has 6 nitrogen and oxygen atoms in total. The van der Waals surface area contributed by atoms with Crippen LogP contribution >= 0.6 is 0 Å². The maximum absolute atomic E-state index is 4.67. The topological polar surface area (TPSA) is 58.9 Å². The molecule has 1 atom stereocenters. The van der Waals surface area contributed by atoms with Crippen molar-refractivity contribution in [3.05, 3.63) is 29.8 Å². The normalized spacial score (nSPS) is 18.5. The third kappa shape index (κ3) is 3.93. The lowest BCUT2D eigenvalue weighted by atomic mass is 10.1. The molecule has 0 radical (unpaired) electrons. The number of nitrogens with zero attached hydrogens (tertiary/aromatic N) is 5. The summed E-state index contributed by atoms with van der Waals surface area (Å²) in [6.07, 6.45) is 6.09. The second-order valence-electron chi connectivity index (χ2n) is 7.17. The van der Waals surface area contributed by atoms with Gasteiger partial charge in [0.1, 0.15) is 5.82 Å². The predicted molar refractivity (Wildman–Crippen MR) is 96.6 cm³/mol. The van der Waals surface area contributed by atoms with Crippen LogP contribution in [0.15, 0.2) is 18.5 Å². The first-order valence-corrected chi connectivity index (χ1v) is 8.86. The van der Waals surface area contributed by atoms with E-state index < -0.39 is 0 Å². The fourth-order valence-corrected chi connectivity index (χ4v) is 3.46. The molecule has 3 rings (SSSR count). The molecule has 6 heteroatoms. The van der Waals surface area contributed by atoms with Gasteiger partial charge in [-0.25, -0.2) is 9.67 Å². The Labute approximate surface area is 144 Å². The second kappa shape index (κ2) is 7.30. The quantitative estimate of drug-likeness (QED) is 0.883. The standard InChI is InChI=1S/C18H28N6/c1-13(2)12-23-7-5-6-16(23)9-20-17-10-19-11-18(21-17)24-15(4)8-14(3)22-24/h8,10-11,13,16H,5-7,9,12H2,1-4H3,(H,20,21)/t16-/m1/s1. The fraction of sp³-hybridized carbons (Fsp3) is 0.611. The predicted octanol–water partition coefficient (Wildman–Crippen LogP) is 2.81. The van der Waals surface area contributed by atoms with Crippen LogP contribution in [0.5, 0.6) is 0 Å². The highest BCUT2D eigenvalue weighted by Gasteiger charge is 2.24. The first-order valence-electron chi connectivity index (χ1n) is 8.86. The molecule has 0 amide bonds. The van der Waals surface area contributed by atoms with Crippen molar-refractivity contribution in [3.63, 3.8) is 0 Å². The van der Waals surface area contributed by atoms with Crippen molar-refractivity contribution in [2.24, 2.45) is 5.92 Å². The number of hydrogen-bond acceptors (Lipinski definition) is 5. The lowest BCUT2D eigenvalue weighted by Gasteiger charge is -2.26. The molecule has 2 aromatic rings. The molecule has 1 aliphatic heterocycles. The van der Waals surface area contributed by atoms with Crippen molar-refractivity contribution < 1.29 is 0 Å². The Morgan fingerprint density at radius 3 is 2.83 bits per heavy atom. The van der Waals surface area contributed by atoms with E-state index in [-0.39, 0.29) is 0 Å². The number of nitrogens with one attached hydrogen (secondary N) is 1. The van der Waals surface area contributed by atoms with Crippen molar-refractivity contribution in [1.29, 1.82) is 0 Å². The smallest absolute Gasteiger partial charge is 0.174 e. The molecular formula is C18H28N6. The third-order valence-electron chi connectivity index (χ3n) is 4.47. The number of aromatic nitrogens is 4. The number of anilines is 1. The summed E-state index contributed by atoms with van der Waals surface area (Å²) in [4.78, 5) is 11.6. The van der Waals surface area contributed by atoms with E-state index in [1.807, 2.05) is 24.6 Å². The monoisotopic (exact) mass is 328 g/mol. The van der Waals surface area contributed by atoms with Gasteiger partial charge in [-0.3, -0.25) is 9.88 Å². The van der Waals surface area contributed by atoms with Gasteiger partial charge in [0, 0.05) is 24.8 Å². The van der Waals surface area contributed by atoms with Crippen molar-refractivity contribution in [1.82, 2.24) is 24.6 Å². The van der Waals surface area contributed by atoms with E-state index in [9.17, 15) is 0 Å². The molecule has 3 heterocycles. The average Bonchev–Trinajstić information content (AvgIpc) is 3.11. The lowest BCUT2D eigenvalue weighted by molar-refractivity contribution is 0.234. The van der Waals surface area contributed by atoms with Gasteiger partial charge in [0.2, 0.25) is 0 Å². The Hall–Kier alpha value is -1.95. The van der Waals surface area contributed by atoms with Crippen LogP contribution in [-0.4, -0.2) is 50.3 Å². The molecular weight excluding hydrogens is 300 g/mol. The highest BCUT2D eigenvalue weighted by atomic mass is 15.3. The summed E-state index contributed by atoms with van der Waals surface area (Å²) in [5.41, 5.74) is 2.06. The van der Waals surface area contributed by atoms with Gasteiger partial charge in [0.25, 0.3) is 0 Å². The molecule has 1 aliphatic rings. The van der Waals surface area contributed by atoms with Crippen LogP contribution in [0.25, 0.3) is 5.82 Å². The summed E-state index contributed by atoms with van der Waals surface area (Å²) in [6.45, 7) is 11.9. The SMILES string of the molecule is Cc1cc(C)n(-c2cncc(NC[C@H]3CCCN3CC(C)C)n2)n1. The average molecular weight is 328 g/mol. The van der Waals surface area contributed by atoms with Gasteiger partial charge in [0.05, 0.1) is 18.1 Å². The van der Waals surface area contributed by atoms with Crippen LogP contribution in [-0.2, 0) is 0 Å². The molecule has 0 aliphatic carbocycles. The minimum Gasteiger partial charge on any atom is -0.367 e. The summed E-state index contributed by atoms with van der Waals surface area (Å²) in [7, 11) is 0. The molecule has 0 spiro atoms. The minimum absolute atomic E-state index is 0.589. The van der Waals surface area contributed by atoms with E-state index in [2.05, 4.69) is 39.1 Å². The summed E-state index contributed by atoms with van der Waals surface area (Å²) in [5, 5.41) is 7.95. The van der Waals surface area contributed by atoms with Crippen LogP contribution < -0.4 is 5.32 Å². The van der Waals surface area contributed by atoms with E-state index in [0.29, 0.717) is 12.0 Å². The van der Waals surface area contributed by atoms with Crippen LogP contribution in [0, 0.1) is 19.8 Å². The molecule has 1 fully saturated rings. The van der Waals surface area contributed by atoms with E-state index in [1.165, 1.54) is 25.9 Å². The zero-order valence-corrected chi connectivity index (χ0v) is 15.2. The van der Waals surface area contributed by atoms with Gasteiger partial charge >= 0.3 is 0 Å². The van der Waals surface area contributed by atoms with Crippen LogP contribution in [0.3, 0.4) is 0 Å². The number of hydrogen-bond donors (Lipinski definition) is 1. The number of aryl methyl sites for hydroxylation is 2. The Morgan fingerprint density at radius 2 is 2.12 bits per heavy atom. The minimum atomic E-state index is 0.589. The molecule has 24 heavy (non-hydrogen) atoms. The van der Waals surface area contributed by atoms with Gasteiger partial charge in [-0.1, -0.05) is 13.8 Å². The first kappa shape index (κ1) is 16.9. The van der Waals surface area contributed by atoms with Crippen molar-refractivity contribution in [3.8, 4) is 5.82 Å². The molecule has 0 saturated carbocycles. The van der Waals surface area contributed by atoms with Gasteiger partial charge in [-0.15, -0.1) is 0 Å². The maximum atomic E-state index is 4.67. The zero-order valence-electron chi connectivity index (χ0n) is 15.2. The summed E-state index contributed by atoms with van der Waals surface area (Å²) >= 11 is 0. The summed E-state index contributed by atoms with van der Waals surface area (Å²) in [6, 6.07) is 2.64. The Bertz CT molecular complexity index is 678. The highest BCUT2D eigenvalue weighted by molar-refractivity contribution is 5.36. The Morgan fingerprint density at radius 1 is 1.29 bits per heavy atom. The van der Waals surface area contributed by atoms with E-state index in [4.69, 9.17) is 0 Å². The van der Waals surface area contributed by atoms with E-state index in [0.717, 1.165) is 29.6 Å². The second-order valence-corrected chi connectivity index (χ2v) is 7.17. The molecule has 1 N–H and O–H groups in total. The molecule has 0 bridgehead atoms. The highest BCUT2D eigenvalue weighted by Crippen LogP contribution is 2.19. The van der Waals surface area contributed by atoms with Gasteiger partial charge in [-0.05, 0) is 45.2 Å². The zero-order chi connectivity index (χ0) is 17.1. The maximum Gasteiger partial charge on any atom is 0.174 e. The van der Waals surface area contributed by atoms with Crippen LogP contribution in [0.2, 0.25) is 0 Å². The van der Waals surface area contributed by atoms with E-state index in [1.54, 1.807) is 12.4 Å². The van der Waals surface area contributed by atoms with Crippen molar-refractivity contribution >= 4 is 5.82 Å². The van der Waals surface area contributed by atoms with Crippen LogP contribution in [0.1, 0.15) is 38.1 Å². The Kier molecular flexibility index (Phi) is 5.14. The summed E-state index contributed by atoms with van der Waals surface area (Å²) < 4.78 is 1.84. The van der Waals surface area contributed by atoms with Crippen molar-refractivity contribution in [2.45, 2.75) is 46.6 Å². The van der Waals surface area contributed by atoms with Crippen LogP contribution in [0.4, 0.5) is 5.82 Å².